The Labute approximate surface area is 178 Å². The van der Waals surface area contributed by atoms with Crippen molar-refractivity contribution >= 4 is 15.9 Å². The van der Waals surface area contributed by atoms with Gasteiger partial charge in [0.1, 0.15) is 11.6 Å². The largest absolute Gasteiger partial charge is 0.491 e. The van der Waals surface area contributed by atoms with Crippen LogP contribution >= 0.6 is 0 Å². The van der Waals surface area contributed by atoms with E-state index in [9.17, 15) is 17.6 Å². The van der Waals surface area contributed by atoms with Crippen LogP contribution in [0.4, 0.5) is 4.39 Å². The summed E-state index contributed by atoms with van der Waals surface area (Å²) in [5, 5.41) is 2.82. The van der Waals surface area contributed by atoms with E-state index in [1.807, 2.05) is 45.0 Å². The zero-order valence-electron chi connectivity index (χ0n) is 17.8. The van der Waals surface area contributed by atoms with E-state index in [2.05, 4.69) is 5.32 Å². The summed E-state index contributed by atoms with van der Waals surface area (Å²) in [5.74, 6) is -0.0953. The highest BCUT2D eigenvalue weighted by Gasteiger charge is 2.23. The molecule has 2 rings (SSSR count). The molecule has 0 saturated carbocycles. The van der Waals surface area contributed by atoms with E-state index in [1.165, 1.54) is 19.2 Å². The average molecular weight is 437 g/mol. The van der Waals surface area contributed by atoms with Crippen LogP contribution in [0.2, 0.25) is 0 Å². The summed E-state index contributed by atoms with van der Waals surface area (Å²) in [6, 6.07) is 12.2. The molecular weight excluding hydrogens is 407 g/mol. The Morgan fingerprint density at radius 1 is 1.07 bits per heavy atom. The maximum Gasteiger partial charge on any atom is 0.243 e. The highest BCUT2D eigenvalue weighted by atomic mass is 32.2. The fourth-order valence-corrected chi connectivity index (χ4v) is 3.98. The summed E-state index contributed by atoms with van der Waals surface area (Å²) in [6.07, 6.45) is 1.61. The lowest BCUT2D eigenvalue weighted by Crippen LogP contribution is -2.41. The third-order valence-corrected chi connectivity index (χ3v) is 6.27. The zero-order chi connectivity index (χ0) is 22.3. The van der Waals surface area contributed by atoms with E-state index in [1.54, 1.807) is 0 Å². The number of halogens is 1. The molecule has 2 aromatic carbocycles. The minimum Gasteiger partial charge on any atom is -0.491 e. The molecule has 0 spiro atoms. The Balaban J connectivity index is 1.83. The highest BCUT2D eigenvalue weighted by molar-refractivity contribution is 7.89. The fourth-order valence-electron chi connectivity index (χ4n) is 2.86. The number of rotatable bonds is 10. The summed E-state index contributed by atoms with van der Waals surface area (Å²) < 4.78 is 44.6. The Morgan fingerprint density at radius 2 is 1.67 bits per heavy atom. The fraction of sp³-hybridized carbons (Fsp3) is 0.409. The molecule has 1 unspecified atom stereocenters. The second kappa shape index (κ2) is 10.5. The lowest BCUT2D eigenvalue weighted by Gasteiger charge is -2.19. The van der Waals surface area contributed by atoms with Crippen LogP contribution < -0.4 is 10.1 Å². The minimum atomic E-state index is -3.86. The Kier molecular flexibility index (Phi) is 8.37. The first kappa shape index (κ1) is 23.8. The van der Waals surface area contributed by atoms with Gasteiger partial charge in [-0.1, -0.05) is 12.1 Å². The molecule has 0 aliphatic carbocycles. The lowest BCUT2D eigenvalue weighted by molar-refractivity contribution is -0.121. The molecule has 0 bridgehead atoms. The van der Waals surface area contributed by atoms with E-state index < -0.39 is 21.7 Å². The maximum absolute atomic E-state index is 13.0. The highest BCUT2D eigenvalue weighted by Crippen LogP contribution is 2.16. The first-order valence-electron chi connectivity index (χ1n) is 9.85. The van der Waals surface area contributed by atoms with Gasteiger partial charge in [-0.3, -0.25) is 4.79 Å². The van der Waals surface area contributed by atoms with E-state index in [0.29, 0.717) is 6.42 Å². The molecule has 0 saturated heterocycles. The first-order valence-corrected chi connectivity index (χ1v) is 11.3. The van der Waals surface area contributed by atoms with E-state index in [-0.39, 0.29) is 23.6 Å². The smallest absolute Gasteiger partial charge is 0.243 e. The SMILES string of the molecule is CC(CCc1ccc(OC(C)C)cc1)NC(=O)CN(C)S(=O)(=O)c1ccc(F)cc1. The molecular formula is C22H29FN2O4S. The predicted molar refractivity (Wildman–Crippen MR) is 114 cm³/mol. The van der Waals surface area contributed by atoms with Gasteiger partial charge in [0.05, 0.1) is 17.5 Å². The van der Waals surface area contributed by atoms with Gasteiger partial charge in [0.25, 0.3) is 0 Å². The van der Waals surface area contributed by atoms with Crippen LogP contribution in [0.1, 0.15) is 32.8 Å². The van der Waals surface area contributed by atoms with Crippen LogP contribution in [0.5, 0.6) is 5.75 Å². The van der Waals surface area contributed by atoms with Crippen molar-refractivity contribution < 1.29 is 22.3 Å². The van der Waals surface area contributed by atoms with Gasteiger partial charge in [0, 0.05) is 13.1 Å². The van der Waals surface area contributed by atoms with Crippen LogP contribution in [-0.2, 0) is 21.2 Å². The van der Waals surface area contributed by atoms with Crippen molar-refractivity contribution in [3.63, 3.8) is 0 Å². The average Bonchev–Trinajstić information content (AvgIpc) is 2.67. The normalized spacial score (nSPS) is 12.8. The molecule has 6 nitrogen and oxygen atoms in total. The van der Waals surface area contributed by atoms with Gasteiger partial charge < -0.3 is 10.1 Å². The van der Waals surface area contributed by atoms with Gasteiger partial charge in [0.15, 0.2) is 0 Å². The van der Waals surface area contributed by atoms with Crippen molar-refractivity contribution in [2.24, 2.45) is 0 Å². The summed E-state index contributed by atoms with van der Waals surface area (Å²) in [7, 11) is -2.54. The van der Waals surface area contributed by atoms with Crippen molar-refractivity contribution in [3.8, 4) is 5.75 Å². The number of sulfonamides is 1. The van der Waals surface area contributed by atoms with Crippen LogP contribution in [0.15, 0.2) is 53.4 Å². The van der Waals surface area contributed by atoms with Gasteiger partial charge in [-0.15, -0.1) is 0 Å². The Morgan fingerprint density at radius 3 is 2.23 bits per heavy atom. The molecule has 0 fully saturated rings. The summed E-state index contributed by atoms with van der Waals surface area (Å²) in [4.78, 5) is 12.2. The number of carbonyl (C=O) groups excluding carboxylic acids is 1. The van der Waals surface area contributed by atoms with Crippen molar-refractivity contribution in [2.45, 2.75) is 50.7 Å². The molecule has 30 heavy (non-hydrogen) atoms. The molecule has 0 aromatic heterocycles. The van der Waals surface area contributed by atoms with Crippen molar-refractivity contribution in [1.82, 2.24) is 9.62 Å². The second-order valence-corrected chi connectivity index (χ2v) is 9.58. The Bertz CT molecular complexity index is 929. The van der Waals surface area contributed by atoms with Crippen molar-refractivity contribution in [3.05, 3.63) is 59.9 Å². The number of carbonyl (C=O) groups is 1. The molecule has 0 heterocycles. The quantitative estimate of drug-likeness (QED) is 0.620. The zero-order valence-corrected chi connectivity index (χ0v) is 18.6. The lowest BCUT2D eigenvalue weighted by atomic mass is 10.1. The topological polar surface area (TPSA) is 75.7 Å². The number of benzene rings is 2. The molecule has 1 atom stereocenters. The summed E-state index contributed by atoms with van der Waals surface area (Å²) in [6.45, 7) is 5.51. The third-order valence-electron chi connectivity index (χ3n) is 4.46. The molecule has 0 aliphatic heterocycles. The van der Waals surface area contributed by atoms with Gasteiger partial charge in [0.2, 0.25) is 15.9 Å². The molecule has 0 radical (unpaired) electrons. The first-order chi connectivity index (χ1) is 14.1. The van der Waals surface area contributed by atoms with Gasteiger partial charge in [-0.05, 0) is 75.6 Å². The van der Waals surface area contributed by atoms with Crippen LogP contribution in [0.3, 0.4) is 0 Å². The number of nitrogens with one attached hydrogen (secondary N) is 1. The third kappa shape index (κ3) is 7.11. The molecule has 1 N–H and O–H groups in total. The number of ether oxygens (including phenoxy) is 1. The van der Waals surface area contributed by atoms with Gasteiger partial charge in [-0.2, -0.15) is 4.31 Å². The van der Waals surface area contributed by atoms with Gasteiger partial charge >= 0.3 is 0 Å². The molecule has 8 heteroatoms. The van der Waals surface area contributed by atoms with Crippen LogP contribution in [0.25, 0.3) is 0 Å². The van der Waals surface area contributed by atoms with E-state index in [4.69, 9.17) is 4.74 Å². The number of likely N-dealkylation sites (N-methyl/N-ethyl adjacent to an activating group) is 1. The predicted octanol–water partition coefficient (Wildman–Crippen LogP) is 3.37. The number of hydrogen-bond donors (Lipinski definition) is 1. The van der Waals surface area contributed by atoms with E-state index >= 15 is 0 Å². The second-order valence-electron chi connectivity index (χ2n) is 7.53. The molecule has 0 aliphatic rings. The van der Waals surface area contributed by atoms with Crippen LogP contribution in [0, 0.1) is 5.82 Å². The van der Waals surface area contributed by atoms with Gasteiger partial charge in [-0.25, -0.2) is 12.8 Å². The monoisotopic (exact) mass is 436 g/mol. The number of amides is 1. The molecule has 1 amide bonds. The standard InChI is InChI=1S/C22H29FN2O4S/c1-16(2)29-20-11-7-18(8-12-20)6-5-17(3)24-22(26)15-25(4)30(27,28)21-13-9-19(23)10-14-21/h7-14,16-17H,5-6,15H2,1-4H3,(H,24,26). The molecule has 2 aromatic rings. The number of hydrogen-bond acceptors (Lipinski definition) is 4. The van der Waals surface area contributed by atoms with Crippen LogP contribution in [-0.4, -0.2) is 44.4 Å². The van der Waals surface area contributed by atoms with Crippen molar-refractivity contribution in [1.29, 1.82) is 0 Å². The van der Waals surface area contributed by atoms with E-state index in [0.717, 1.165) is 34.2 Å². The summed E-state index contributed by atoms with van der Waals surface area (Å²) in [5.41, 5.74) is 1.13. The number of aryl methyl sites for hydroxylation is 1. The Hall–Kier alpha value is -2.45. The van der Waals surface area contributed by atoms with Crippen molar-refractivity contribution in [2.75, 3.05) is 13.6 Å². The molecule has 164 valence electrons. The summed E-state index contributed by atoms with van der Waals surface area (Å²) >= 11 is 0. The maximum atomic E-state index is 13.0. The minimum absolute atomic E-state index is 0.0582. The number of nitrogens with zero attached hydrogens (tertiary/aromatic N) is 1.